The van der Waals surface area contributed by atoms with Crippen molar-refractivity contribution in [3.05, 3.63) is 0 Å². The van der Waals surface area contributed by atoms with Crippen LogP contribution in [0.4, 0.5) is 0 Å². The zero-order chi connectivity index (χ0) is 0. The summed E-state index contributed by atoms with van der Waals surface area (Å²) in [5.74, 6) is 0. The molecule has 6 N–H and O–H groups in total. The van der Waals surface area contributed by atoms with Crippen molar-refractivity contribution >= 4 is 13.5 Å². The van der Waals surface area contributed by atoms with E-state index in [-0.39, 0.29) is 217 Å². The first-order valence-electron chi connectivity index (χ1n) is 0. The predicted octanol–water partition coefficient (Wildman–Crippen LogP) is -1.83. The summed E-state index contributed by atoms with van der Waals surface area (Å²) in [7, 11) is 0. The Bertz CT molecular complexity index is 19.0. The molecule has 0 atom stereocenters. The summed E-state index contributed by atoms with van der Waals surface area (Å²) in [5, 5.41) is 0. The Kier molecular flexibility index (Phi) is 541. The molecular weight excluding hydrogens is 656 g/mol. The van der Waals surface area contributed by atoms with Crippen molar-refractivity contribution in [3.8, 4) is 0 Å². The maximum atomic E-state index is 0. The molecule has 0 saturated carbocycles. The Balaban J connectivity index is 0. The maximum Gasteiger partial charge on any atom is 0 e. The van der Waals surface area contributed by atoms with Gasteiger partial charge in [0.05, 0.1) is 0 Å². The molecule has 0 saturated heterocycles. The summed E-state index contributed by atoms with van der Waals surface area (Å²) in [5.41, 5.74) is 0. The third-order valence-electron chi connectivity index (χ3n) is 0. The second-order valence-corrected chi connectivity index (χ2v) is 0. The van der Waals surface area contributed by atoms with Crippen molar-refractivity contribution in [1.29, 1.82) is 0 Å². The SMILES string of the molecule is O.O.O.[Eu].[Gd].[S].[Y].[Y].[Y]. The van der Waals surface area contributed by atoms with Crippen molar-refractivity contribution < 1.29 is 204 Å². The van der Waals surface area contributed by atoms with Gasteiger partial charge in [0.2, 0.25) is 0 Å². The minimum atomic E-state index is 0. The average molecular weight is 662 g/mol. The van der Waals surface area contributed by atoms with E-state index >= 15 is 0 Å². The van der Waals surface area contributed by atoms with Crippen LogP contribution in [0.15, 0.2) is 0 Å². The summed E-state index contributed by atoms with van der Waals surface area (Å²) in [6.07, 6.45) is 0. The van der Waals surface area contributed by atoms with Gasteiger partial charge in [0.15, 0.2) is 0 Å². The second-order valence-electron chi connectivity index (χ2n) is 0. The molecule has 0 bridgehead atoms. The predicted molar refractivity (Wildman–Crippen MR) is 18.4 cm³/mol. The molecule has 0 aromatic carbocycles. The van der Waals surface area contributed by atoms with Crippen molar-refractivity contribution in [2.75, 3.05) is 0 Å². The molecule has 0 unspecified atom stereocenters. The van der Waals surface area contributed by atoms with Gasteiger partial charge in [-0.1, -0.05) is 0 Å². The molecule has 0 heterocycles. The molecule has 0 aliphatic carbocycles. The fourth-order valence-corrected chi connectivity index (χ4v) is 0. The molecular formula is H6EuGdO3SY3. The van der Waals surface area contributed by atoms with E-state index in [1.54, 1.807) is 0 Å². The fraction of sp³-hybridized carbons (Fsp3) is 0. The van der Waals surface area contributed by atoms with E-state index in [1.165, 1.54) is 0 Å². The van der Waals surface area contributed by atoms with Crippen LogP contribution < -0.4 is 0 Å². The van der Waals surface area contributed by atoms with Gasteiger partial charge in [0.1, 0.15) is 0 Å². The van der Waals surface area contributed by atoms with Crippen molar-refractivity contribution in [1.82, 2.24) is 0 Å². The minimum Gasteiger partial charge on any atom is -0.412 e. The molecule has 0 spiro atoms. The Morgan fingerprint density at radius 2 is 0.556 bits per heavy atom. The van der Waals surface area contributed by atoms with Crippen LogP contribution in [-0.2, 0) is 98.1 Å². The molecule has 0 aliphatic rings. The van der Waals surface area contributed by atoms with E-state index in [0.29, 0.717) is 0 Å². The van der Waals surface area contributed by atoms with Gasteiger partial charge < -0.3 is 16.4 Å². The van der Waals surface area contributed by atoms with Crippen molar-refractivity contribution in [2.24, 2.45) is 0 Å². The summed E-state index contributed by atoms with van der Waals surface area (Å²) >= 11 is 0. The molecule has 54 valence electrons. The average Bonchev–Trinajstić information content (AvgIpc) is 0. The quantitative estimate of drug-likeness (QED) is 0.292. The van der Waals surface area contributed by atoms with Crippen LogP contribution in [0.25, 0.3) is 0 Å². The van der Waals surface area contributed by atoms with Gasteiger partial charge in [0, 0.05) is 201 Å². The topological polar surface area (TPSA) is 94.5 Å². The minimum absolute atomic E-state index is 0. The summed E-state index contributed by atoms with van der Waals surface area (Å²) in [6, 6.07) is 0. The molecule has 3 nitrogen and oxygen atoms in total. The molecule has 0 aromatic heterocycles. The van der Waals surface area contributed by atoms with E-state index in [1.807, 2.05) is 0 Å². The van der Waals surface area contributed by atoms with Crippen LogP contribution in [0.5, 0.6) is 0 Å². The van der Waals surface area contributed by atoms with Gasteiger partial charge in [-0.25, -0.2) is 0 Å². The molecule has 0 amide bonds. The van der Waals surface area contributed by atoms with E-state index < -0.39 is 0 Å². The number of rotatable bonds is 0. The van der Waals surface area contributed by atoms with Gasteiger partial charge in [-0.3, -0.25) is 0 Å². The van der Waals surface area contributed by atoms with E-state index in [0.717, 1.165) is 0 Å². The smallest absolute Gasteiger partial charge is 0 e. The Morgan fingerprint density at radius 3 is 0.556 bits per heavy atom. The monoisotopic (exact) mass is 664 g/mol. The van der Waals surface area contributed by atoms with Crippen molar-refractivity contribution in [3.63, 3.8) is 0 Å². The summed E-state index contributed by atoms with van der Waals surface area (Å²) in [4.78, 5) is 0. The standard InChI is InChI=1S/Eu.Gd.3H2O.S.3Y/h;;3*1H2;;;;. The van der Waals surface area contributed by atoms with Crippen LogP contribution in [0, 0.1) is 89.3 Å². The molecule has 6 radical (unpaired) electrons. The first-order valence-corrected chi connectivity index (χ1v) is 0. The largest absolute Gasteiger partial charge is 0.412 e. The first kappa shape index (κ1) is 77.5. The van der Waals surface area contributed by atoms with E-state index in [4.69, 9.17) is 0 Å². The van der Waals surface area contributed by atoms with Crippen LogP contribution >= 0.6 is 13.5 Å². The fourth-order valence-electron chi connectivity index (χ4n) is 0. The molecule has 0 fully saturated rings. The Morgan fingerprint density at radius 1 is 0.556 bits per heavy atom. The van der Waals surface area contributed by atoms with E-state index in [9.17, 15) is 0 Å². The first-order chi connectivity index (χ1) is 0. The molecule has 0 aromatic rings. The third-order valence-corrected chi connectivity index (χ3v) is 0. The van der Waals surface area contributed by atoms with Crippen LogP contribution in [-0.4, -0.2) is 16.4 Å². The number of hydrogen-bond donors (Lipinski definition) is 0. The normalized spacial score (nSPS) is 0. The molecule has 9 heavy (non-hydrogen) atoms. The van der Waals surface area contributed by atoms with Gasteiger partial charge in [-0.15, -0.1) is 0 Å². The zero-order valence-corrected chi connectivity index (χ0v) is 18.4. The van der Waals surface area contributed by atoms with Gasteiger partial charge in [-0.2, -0.15) is 0 Å². The van der Waals surface area contributed by atoms with Crippen LogP contribution in [0.2, 0.25) is 0 Å². The van der Waals surface area contributed by atoms with Gasteiger partial charge >= 0.3 is 0 Å². The summed E-state index contributed by atoms with van der Waals surface area (Å²) in [6.45, 7) is 0. The zero-order valence-electron chi connectivity index (χ0n) is 4.37. The molecule has 0 aliphatic heterocycles. The Hall–Kier alpha value is 6.45. The van der Waals surface area contributed by atoms with Gasteiger partial charge in [-0.05, 0) is 0 Å². The van der Waals surface area contributed by atoms with Crippen LogP contribution in [0.3, 0.4) is 0 Å². The second kappa shape index (κ2) is 62.8. The van der Waals surface area contributed by atoms with E-state index in [2.05, 4.69) is 0 Å². The summed E-state index contributed by atoms with van der Waals surface area (Å²) < 4.78 is 0. The maximum absolute atomic E-state index is 0. The number of hydrogen-bond acceptors (Lipinski definition) is 0. The Labute approximate surface area is 210 Å². The molecule has 0 rings (SSSR count). The molecule has 9 heteroatoms. The van der Waals surface area contributed by atoms with Crippen LogP contribution in [0.1, 0.15) is 0 Å². The van der Waals surface area contributed by atoms with Gasteiger partial charge in [0.25, 0.3) is 0 Å². The third kappa shape index (κ3) is 53.8. The van der Waals surface area contributed by atoms with Crippen molar-refractivity contribution in [2.45, 2.75) is 0 Å².